The van der Waals surface area contributed by atoms with Crippen LogP contribution >= 0.6 is 0 Å². The highest BCUT2D eigenvalue weighted by atomic mass is 15.1. The number of benzene rings is 3. The minimum absolute atomic E-state index is 1.18. The Morgan fingerprint density at radius 1 is 0.630 bits per heavy atom. The fourth-order valence-corrected chi connectivity index (χ4v) is 3.69. The van der Waals surface area contributed by atoms with Gasteiger partial charge in [-0.2, -0.15) is 0 Å². The summed E-state index contributed by atoms with van der Waals surface area (Å²) in [6.45, 7) is 4.31. The Hall–Kier alpha value is -3.26. The average molecular weight is 352 g/mol. The zero-order chi connectivity index (χ0) is 18.8. The normalized spacial score (nSPS) is 10.8. The molecule has 2 heteroatoms. The molecule has 134 valence electrons. The summed E-state index contributed by atoms with van der Waals surface area (Å²) in [4.78, 5) is 2.29. The molecule has 3 aromatic carbocycles. The number of nitrogens with zero attached hydrogens (tertiary/aromatic N) is 2. The summed E-state index contributed by atoms with van der Waals surface area (Å²) in [6, 6.07) is 30.0. The Morgan fingerprint density at radius 2 is 1.26 bits per heavy atom. The number of hydrogen-bond donors (Lipinski definition) is 0. The SMILES string of the molecule is Cc1ccccc1-c1ccccc1N(C)c1ccccc1-n1cccc1C. The molecule has 0 saturated heterocycles. The second kappa shape index (κ2) is 7.16. The fraction of sp³-hybridized carbons (Fsp3) is 0.120. The van der Waals surface area contributed by atoms with Gasteiger partial charge in [0.1, 0.15) is 0 Å². The molecule has 1 aromatic heterocycles. The van der Waals surface area contributed by atoms with E-state index in [0.29, 0.717) is 0 Å². The van der Waals surface area contributed by atoms with E-state index in [4.69, 9.17) is 0 Å². The van der Waals surface area contributed by atoms with Crippen molar-refractivity contribution in [2.24, 2.45) is 0 Å². The van der Waals surface area contributed by atoms with Gasteiger partial charge < -0.3 is 9.47 Å². The molecule has 0 aliphatic heterocycles. The van der Waals surface area contributed by atoms with Gasteiger partial charge in [-0.3, -0.25) is 0 Å². The highest BCUT2D eigenvalue weighted by Crippen LogP contribution is 2.37. The van der Waals surface area contributed by atoms with Crippen molar-refractivity contribution in [3.05, 3.63) is 102 Å². The van der Waals surface area contributed by atoms with Crippen LogP contribution in [0, 0.1) is 13.8 Å². The molecule has 0 saturated carbocycles. The van der Waals surface area contributed by atoms with Crippen molar-refractivity contribution in [1.29, 1.82) is 0 Å². The lowest BCUT2D eigenvalue weighted by Crippen LogP contribution is -2.14. The summed E-state index contributed by atoms with van der Waals surface area (Å²) in [5.74, 6) is 0. The van der Waals surface area contributed by atoms with Gasteiger partial charge in [-0.15, -0.1) is 0 Å². The molecule has 0 fully saturated rings. The van der Waals surface area contributed by atoms with Crippen LogP contribution in [0.25, 0.3) is 16.8 Å². The van der Waals surface area contributed by atoms with Crippen molar-refractivity contribution in [3.63, 3.8) is 0 Å². The van der Waals surface area contributed by atoms with E-state index >= 15 is 0 Å². The number of aromatic nitrogens is 1. The van der Waals surface area contributed by atoms with Crippen LogP contribution in [0.2, 0.25) is 0 Å². The first-order valence-corrected chi connectivity index (χ1v) is 9.29. The average Bonchev–Trinajstić information content (AvgIpc) is 3.13. The van der Waals surface area contributed by atoms with E-state index in [1.54, 1.807) is 0 Å². The Labute approximate surface area is 161 Å². The maximum atomic E-state index is 2.29. The van der Waals surface area contributed by atoms with Crippen LogP contribution in [0.4, 0.5) is 11.4 Å². The fourth-order valence-electron chi connectivity index (χ4n) is 3.69. The van der Waals surface area contributed by atoms with Crippen molar-refractivity contribution in [3.8, 4) is 16.8 Å². The minimum Gasteiger partial charge on any atom is -0.342 e. The van der Waals surface area contributed by atoms with Gasteiger partial charge >= 0.3 is 0 Å². The van der Waals surface area contributed by atoms with Crippen molar-refractivity contribution in [2.45, 2.75) is 13.8 Å². The number of hydrogen-bond acceptors (Lipinski definition) is 1. The highest BCUT2D eigenvalue weighted by molar-refractivity contribution is 5.85. The second-order valence-electron chi connectivity index (χ2n) is 6.90. The third kappa shape index (κ3) is 3.15. The van der Waals surface area contributed by atoms with Gasteiger partial charge in [-0.05, 0) is 55.3 Å². The van der Waals surface area contributed by atoms with Crippen LogP contribution in [-0.4, -0.2) is 11.6 Å². The smallest absolute Gasteiger partial charge is 0.0690 e. The summed E-state index contributed by atoms with van der Waals surface area (Å²) in [6.07, 6.45) is 2.12. The largest absolute Gasteiger partial charge is 0.342 e. The maximum absolute atomic E-state index is 2.29. The summed E-state index contributed by atoms with van der Waals surface area (Å²) >= 11 is 0. The standard InChI is InChI=1S/C25H24N2/c1-19-11-4-5-13-21(19)22-14-6-7-15-23(22)26(3)24-16-8-9-17-25(24)27-18-10-12-20(27)2/h4-18H,1-3H3. The van der Waals surface area contributed by atoms with Crippen LogP contribution in [0.1, 0.15) is 11.3 Å². The molecule has 1 heterocycles. The minimum atomic E-state index is 1.18. The molecule has 0 N–H and O–H groups in total. The van der Waals surface area contributed by atoms with Crippen molar-refractivity contribution in [1.82, 2.24) is 4.57 Å². The number of aryl methyl sites for hydroxylation is 2. The molecule has 0 aliphatic rings. The van der Waals surface area contributed by atoms with Gasteiger partial charge in [0, 0.05) is 30.2 Å². The van der Waals surface area contributed by atoms with E-state index in [0.717, 1.165) is 0 Å². The van der Waals surface area contributed by atoms with Gasteiger partial charge in [0.2, 0.25) is 0 Å². The molecule has 0 spiro atoms. The van der Waals surface area contributed by atoms with Crippen molar-refractivity contribution < 1.29 is 0 Å². The summed E-state index contributed by atoms with van der Waals surface area (Å²) in [7, 11) is 2.15. The Kier molecular flexibility index (Phi) is 4.55. The van der Waals surface area contributed by atoms with Crippen LogP contribution in [-0.2, 0) is 0 Å². The Bertz CT molecular complexity index is 1070. The molecular weight excluding hydrogens is 328 g/mol. The van der Waals surface area contributed by atoms with Gasteiger partial charge in [0.05, 0.1) is 11.4 Å². The first-order chi connectivity index (χ1) is 13.2. The summed E-state index contributed by atoms with van der Waals surface area (Å²) in [5, 5.41) is 0. The predicted octanol–water partition coefficient (Wildman–Crippen LogP) is 6.53. The topological polar surface area (TPSA) is 8.17 Å². The third-order valence-corrected chi connectivity index (χ3v) is 5.16. The third-order valence-electron chi connectivity index (χ3n) is 5.16. The zero-order valence-electron chi connectivity index (χ0n) is 16.1. The van der Waals surface area contributed by atoms with E-state index in [1.165, 1.54) is 39.4 Å². The zero-order valence-corrected chi connectivity index (χ0v) is 16.1. The maximum Gasteiger partial charge on any atom is 0.0690 e. The highest BCUT2D eigenvalue weighted by Gasteiger charge is 2.15. The molecule has 0 amide bonds. The quantitative estimate of drug-likeness (QED) is 0.405. The van der Waals surface area contributed by atoms with Gasteiger partial charge in [-0.25, -0.2) is 0 Å². The van der Waals surface area contributed by atoms with E-state index < -0.39 is 0 Å². The monoisotopic (exact) mass is 352 g/mol. The molecule has 2 nitrogen and oxygen atoms in total. The molecule has 0 aliphatic carbocycles. The predicted molar refractivity (Wildman–Crippen MR) is 115 cm³/mol. The summed E-state index contributed by atoms with van der Waals surface area (Å²) in [5.41, 5.74) is 8.59. The van der Waals surface area contributed by atoms with Crippen molar-refractivity contribution >= 4 is 11.4 Å². The number of rotatable bonds is 4. The molecule has 0 unspecified atom stereocenters. The number of para-hydroxylation sites is 3. The van der Waals surface area contributed by atoms with E-state index in [-0.39, 0.29) is 0 Å². The van der Waals surface area contributed by atoms with Gasteiger partial charge in [0.25, 0.3) is 0 Å². The first-order valence-electron chi connectivity index (χ1n) is 9.29. The van der Waals surface area contributed by atoms with Crippen LogP contribution in [0.3, 0.4) is 0 Å². The van der Waals surface area contributed by atoms with E-state index in [9.17, 15) is 0 Å². The second-order valence-corrected chi connectivity index (χ2v) is 6.90. The lowest BCUT2D eigenvalue weighted by Gasteiger charge is -2.26. The molecule has 0 atom stereocenters. The van der Waals surface area contributed by atoms with E-state index in [1.807, 2.05) is 0 Å². The molecule has 4 rings (SSSR count). The first kappa shape index (κ1) is 17.2. The lowest BCUT2D eigenvalue weighted by atomic mass is 9.98. The van der Waals surface area contributed by atoms with Crippen LogP contribution < -0.4 is 4.90 Å². The molecule has 27 heavy (non-hydrogen) atoms. The Balaban J connectivity index is 1.86. The van der Waals surface area contributed by atoms with E-state index in [2.05, 4.69) is 121 Å². The Morgan fingerprint density at radius 3 is 1.96 bits per heavy atom. The molecular formula is C25H24N2. The summed E-state index contributed by atoms with van der Waals surface area (Å²) < 4.78 is 2.24. The van der Waals surface area contributed by atoms with Crippen LogP contribution in [0.5, 0.6) is 0 Å². The molecule has 4 aromatic rings. The van der Waals surface area contributed by atoms with Gasteiger partial charge in [-0.1, -0.05) is 54.6 Å². The van der Waals surface area contributed by atoms with Crippen LogP contribution in [0.15, 0.2) is 91.1 Å². The van der Waals surface area contributed by atoms with Crippen molar-refractivity contribution in [2.75, 3.05) is 11.9 Å². The molecule has 0 bridgehead atoms. The molecule has 0 radical (unpaired) electrons. The lowest BCUT2D eigenvalue weighted by molar-refractivity contribution is 1.00. The number of anilines is 2. The van der Waals surface area contributed by atoms with Gasteiger partial charge in [0.15, 0.2) is 0 Å².